The number of furan rings is 1. The van der Waals surface area contributed by atoms with E-state index in [1.165, 1.54) is 15.4 Å². The Kier molecular flexibility index (Phi) is 5.57. The molecule has 1 amide bonds. The Bertz CT molecular complexity index is 1460. The predicted molar refractivity (Wildman–Crippen MR) is 130 cm³/mol. The Morgan fingerprint density at radius 1 is 1.12 bits per heavy atom. The Morgan fingerprint density at radius 3 is 2.70 bits per heavy atom. The van der Waals surface area contributed by atoms with Gasteiger partial charge < -0.3 is 9.15 Å². The summed E-state index contributed by atoms with van der Waals surface area (Å²) in [6.45, 7) is 2.19. The molecule has 4 heterocycles. The standard InChI is InChI=1S/C24H17N3O4S2/c1-15-7-9-16(10-8-15)31-21-18(22(28)26-11-3-2-6-20(26)25-21)13-19-23(29)27(24(32)33-19)14-17-5-4-12-30-17/h2-13H,14H2,1H3/b19-13+. The van der Waals surface area contributed by atoms with Gasteiger partial charge in [0.05, 0.1) is 17.7 Å². The number of fused-ring (bicyclic) bond motifs is 1. The molecule has 0 radical (unpaired) electrons. The number of nitrogens with zero attached hydrogens (tertiary/aromatic N) is 3. The second-order valence-electron chi connectivity index (χ2n) is 7.33. The van der Waals surface area contributed by atoms with Gasteiger partial charge in [0, 0.05) is 6.20 Å². The number of aromatic nitrogens is 2. The largest absolute Gasteiger partial charge is 0.467 e. The van der Waals surface area contributed by atoms with Crippen LogP contribution in [-0.4, -0.2) is 24.5 Å². The van der Waals surface area contributed by atoms with Crippen LogP contribution in [0.1, 0.15) is 16.9 Å². The molecule has 1 fully saturated rings. The lowest BCUT2D eigenvalue weighted by molar-refractivity contribution is -0.122. The second-order valence-corrected chi connectivity index (χ2v) is 9.00. The number of thioether (sulfide) groups is 1. The Morgan fingerprint density at radius 2 is 1.94 bits per heavy atom. The molecule has 1 aromatic carbocycles. The van der Waals surface area contributed by atoms with E-state index in [1.54, 1.807) is 54.9 Å². The molecule has 9 heteroatoms. The highest BCUT2D eigenvalue weighted by atomic mass is 32.2. The van der Waals surface area contributed by atoms with Gasteiger partial charge in [0.2, 0.25) is 5.88 Å². The van der Waals surface area contributed by atoms with E-state index in [-0.39, 0.29) is 29.5 Å². The number of carbonyl (C=O) groups is 1. The highest BCUT2D eigenvalue weighted by molar-refractivity contribution is 8.26. The highest BCUT2D eigenvalue weighted by Gasteiger charge is 2.33. The van der Waals surface area contributed by atoms with Crippen molar-refractivity contribution >= 4 is 45.9 Å². The average molecular weight is 476 g/mol. The van der Waals surface area contributed by atoms with Crippen LogP contribution in [0, 0.1) is 6.92 Å². The molecule has 1 saturated heterocycles. The molecule has 0 N–H and O–H groups in total. The van der Waals surface area contributed by atoms with Gasteiger partial charge in [-0.2, -0.15) is 4.98 Å². The first-order chi connectivity index (χ1) is 16.0. The van der Waals surface area contributed by atoms with Crippen molar-refractivity contribution in [2.45, 2.75) is 13.5 Å². The van der Waals surface area contributed by atoms with Crippen LogP contribution < -0.4 is 10.3 Å². The molecule has 1 aliphatic rings. The van der Waals surface area contributed by atoms with Crippen molar-refractivity contribution in [2.75, 3.05) is 0 Å². The summed E-state index contributed by atoms with van der Waals surface area (Å²) in [4.78, 5) is 32.7. The smallest absolute Gasteiger partial charge is 0.269 e. The number of benzene rings is 1. The number of rotatable bonds is 5. The summed E-state index contributed by atoms with van der Waals surface area (Å²) in [6, 6.07) is 16.2. The third kappa shape index (κ3) is 4.20. The fourth-order valence-corrected chi connectivity index (χ4v) is 4.56. The van der Waals surface area contributed by atoms with Gasteiger partial charge in [0.25, 0.3) is 11.5 Å². The van der Waals surface area contributed by atoms with Crippen LogP contribution in [-0.2, 0) is 11.3 Å². The van der Waals surface area contributed by atoms with Crippen LogP contribution in [0.25, 0.3) is 11.7 Å². The number of hydrogen-bond acceptors (Lipinski definition) is 7. The van der Waals surface area contributed by atoms with Crippen LogP contribution >= 0.6 is 24.0 Å². The van der Waals surface area contributed by atoms with E-state index in [4.69, 9.17) is 21.4 Å². The SMILES string of the molecule is Cc1ccc(Oc2nc3ccccn3c(=O)c2/C=C2/SC(=S)N(Cc3ccco3)C2=O)cc1. The second kappa shape index (κ2) is 8.68. The van der Waals surface area contributed by atoms with Gasteiger partial charge in [-0.25, -0.2) is 0 Å². The highest BCUT2D eigenvalue weighted by Crippen LogP contribution is 2.35. The van der Waals surface area contributed by atoms with Crippen LogP contribution in [0.3, 0.4) is 0 Å². The molecule has 33 heavy (non-hydrogen) atoms. The van der Waals surface area contributed by atoms with Crippen molar-refractivity contribution in [3.05, 3.63) is 99.2 Å². The molecule has 0 unspecified atom stereocenters. The van der Waals surface area contributed by atoms with Crippen LogP contribution in [0.5, 0.6) is 11.6 Å². The monoisotopic (exact) mass is 475 g/mol. The molecular weight excluding hydrogens is 458 g/mol. The molecule has 0 spiro atoms. The Hall–Kier alpha value is -3.69. The van der Waals surface area contributed by atoms with E-state index in [0.29, 0.717) is 26.4 Å². The van der Waals surface area contributed by atoms with Crippen molar-refractivity contribution in [3.63, 3.8) is 0 Å². The normalized spacial score (nSPS) is 15.1. The molecule has 0 saturated carbocycles. The molecular formula is C24H17N3O4S2. The summed E-state index contributed by atoms with van der Waals surface area (Å²) >= 11 is 6.52. The summed E-state index contributed by atoms with van der Waals surface area (Å²) in [6.07, 6.45) is 4.67. The summed E-state index contributed by atoms with van der Waals surface area (Å²) in [5, 5.41) is 0. The number of amides is 1. The van der Waals surface area contributed by atoms with Crippen molar-refractivity contribution < 1.29 is 13.9 Å². The third-order valence-corrected chi connectivity index (χ3v) is 6.39. The van der Waals surface area contributed by atoms with Gasteiger partial charge in [0.15, 0.2) is 0 Å². The first-order valence-corrected chi connectivity index (χ1v) is 11.3. The zero-order chi connectivity index (χ0) is 22.9. The fraction of sp³-hybridized carbons (Fsp3) is 0.0833. The summed E-state index contributed by atoms with van der Waals surface area (Å²) in [5.41, 5.74) is 1.33. The average Bonchev–Trinajstić information content (AvgIpc) is 3.42. The topological polar surface area (TPSA) is 77.1 Å². The van der Waals surface area contributed by atoms with E-state index < -0.39 is 0 Å². The molecule has 0 bridgehead atoms. The van der Waals surface area contributed by atoms with E-state index in [1.807, 2.05) is 19.1 Å². The minimum atomic E-state index is -0.348. The van der Waals surface area contributed by atoms with Crippen molar-refractivity contribution in [2.24, 2.45) is 0 Å². The minimum absolute atomic E-state index is 0.117. The van der Waals surface area contributed by atoms with Crippen molar-refractivity contribution in [3.8, 4) is 11.6 Å². The van der Waals surface area contributed by atoms with Gasteiger partial charge in [-0.3, -0.25) is 18.9 Å². The number of carbonyl (C=O) groups excluding carboxylic acids is 1. The van der Waals surface area contributed by atoms with Gasteiger partial charge in [-0.1, -0.05) is 47.7 Å². The lowest BCUT2D eigenvalue weighted by Gasteiger charge is -2.12. The lowest BCUT2D eigenvalue weighted by Crippen LogP contribution is -2.27. The van der Waals surface area contributed by atoms with Crippen molar-refractivity contribution in [1.82, 2.24) is 14.3 Å². The Labute approximate surface area is 198 Å². The number of ether oxygens (including phenoxy) is 1. The number of thiocarbonyl (C=S) groups is 1. The van der Waals surface area contributed by atoms with E-state index in [0.717, 1.165) is 17.3 Å². The molecule has 3 aromatic heterocycles. The number of pyridine rings is 1. The van der Waals surface area contributed by atoms with Gasteiger partial charge in [-0.05, 0) is 49.4 Å². The van der Waals surface area contributed by atoms with Crippen LogP contribution in [0.2, 0.25) is 0 Å². The maximum atomic E-state index is 13.3. The maximum Gasteiger partial charge on any atom is 0.269 e. The summed E-state index contributed by atoms with van der Waals surface area (Å²) in [7, 11) is 0. The zero-order valence-corrected chi connectivity index (χ0v) is 19.1. The number of aryl methyl sites for hydroxylation is 1. The van der Waals surface area contributed by atoms with Crippen LogP contribution in [0.4, 0.5) is 0 Å². The van der Waals surface area contributed by atoms with E-state index >= 15 is 0 Å². The molecule has 164 valence electrons. The van der Waals surface area contributed by atoms with Gasteiger partial charge >= 0.3 is 0 Å². The third-order valence-electron chi connectivity index (χ3n) is 5.01. The maximum absolute atomic E-state index is 13.3. The summed E-state index contributed by atoms with van der Waals surface area (Å²) in [5.74, 6) is 0.961. The minimum Gasteiger partial charge on any atom is -0.467 e. The molecule has 4 aromatic rings. The first-order valence-electron chi connectivity index (χ1n) is 10.0. The van der Waals surface area contributed by atoms with Gasteiger partial charge in [-0.15, -0.1) is 0 Å². The van der Waals surface area contributed by atoms with E-state index in [2.05, 4.69) is 4.98 Å². The van der Waals surface area contributed by atoms with Crippen molar-refractivity contribution in [1.29, 1.82) is 0 Å². The first kappa shape index (κ1) is 21.2. The molecule has 5 rings (SSSR count). The molecule has 0 aliphatic carbocycles. The predicted octanol–water partition coefficient (Wildman–Crippen LogP) is 4.79. The van der Waals surface area contributed by atoms with E-state index in [9.17, 15) is 9.59 Å². The van der Waals surface area contributed by atoms with Crippen LogP contribution in [0.15, 0.2) is 81.2 Å². The molecule has 0 atom stereocenters. The zero-order valence-electron chi connectivity index (χ0n) is 17.4. The molecule has 1 aliphatic heterocycles. The quantitative estimate of drug-likeness (QED) is 0.303. The molecule has 7 nitrogen and oxygen atoms in total. The summed E-state index contributed by atoms with van der Waals surface area (Å²) < 4.78 is 13.1. The number of hydrogen-bond donors (Lipinski definition) is 0. The van der Waals surface area contributed by atoms with Gasteiger partial charge in [0.1, 0.15) is 27.0 Å². The lowest BCUT2D eigenvalue weighted by atomic mass is 10.2. The fourth-order valence-electron chi connectivity index (χ4n) is 3.33. The Balaban J connectivity index is 1.57.